The molecule has 0 aliphatic rings. The number of benzene rings is 2. The van der Waals surface area contributed by atoms with Crippen molar-refractivity contribution in [1.29, 1.82) is 0 Å². The van der Waals surface area contributed by atoms with Gasteiger partial charge in [-0.1, -0.05) is 41.4 Å². The van der Waals surface area contributed by atoms with Gasteiger partial charge in [0.05, 0.1) is 27.7 Å². The third kappa shape index (κ3) is 4.19. The first kappa shape index (κ1) is 21.5. The van der Waals surface area contributed by atoms with E-state index in [0.29, 0.717) is 11.4 Å². The van der Waals surface area contributed by atoms with Gasteiger partial charge in [-0.05, 0) is 31.2 Å². The molecule has 0 spiro atoms. The molecule has 0 aliphatic carbocycles. The van der Waals surface area contributed by atoms with E-state index in [1.807, 2.05) is 6.07 Å². The first-order valence-corrected chi connectivity index (χ1v) is 9.51. The molecule has 8 nitrogen and oxygen atoms in total. The summed E-state index contributed by atoms with van der Waals surface area (Å²) in [5.41, 5.74) is 6.56. The van der Waals surface area contributed by atoms with Crippen LogP contribution >= 0.6 is 23.2 Å². The van der Waals surface area contributed by atoms with Crippen molar-refractivity contribution in [2.75, 3.05) is 17.7 Å². The molecule has 30 heavy (non-hydrogen) atoms. The van der Waals surface area contributed by atoms with Crippen molar-refractivity contribution < 1.29 is 14.3 Å². The molecular weight excluding hydrogens is 431 g/mol. The Hall–Kier alpha value is -3.23. The maximum atomic E-state index is 12.8. The van der Waals surface area contributed by atoms with Crippen molar-refractivity contribution in [2.45, 2.75) is 6.92 Å². The smallest absolute Gasteiger partial charge is 0.340 e. The monoisotopic (exact) mass is 448 g/mol. The summed E-state index contributed by atoms with van der Waals surface area (Å²) in [5, 5.41) is 2.80. The number of carbonyl (C=O) groups excluding carboxylic acids is 2. The van der Waals surface area contributed by atoms with Gasteiger partial charge >= 0.3 is 5.97 Å². The lowest BCUT2D eigenvalue weighted by molar-refractivity contribution is -0.119. The lowest BCUT2D eigenvalue weighted by Crippen LogP contribution is -2.26. The van der Waals surface area contributed by atoms with Gasteiger partial charge in [-0.25, -0.2) is 9.48 Å². The Morgan fingerprint density at radius 3 is 2.50 bits per heavy atom. The predicted octanol–water partition coefficient (Wildman–Crippen LogP) is 3.17. The van der Waals surface area contributed by atoms with Crippen molar-refractivity contribution in [2.24, 2.45) is 7.05 Å². The Labute approximate surface area is 181 Å². The normalized spacial score (nSPS) is 10.7. The highest BCUT2D eigenvalue weighted by Gasteiger charge is 2.20. The molecule has 0 atom stereocenters. The summed E-state index contributed by atoms with van der Waals surface area (Å²) in [6.07, 6.45) is 0. The van der Waals surface area contributed by atoms with Gasteiger partial charge in [-0.15, -0.1) is 0 Å². The van der Waals surface area contributed by atoms with Gasteiger partial charge in [0.2, 0.25) is 0 Å². The number of hydrogen-bond donors (Lipinski definition) is 2. The van der Waals surface area contributed by atoms with Crippen molar-refractivity contribution in [3.63, 3.8) is 0 Å². The molecule has 1 amide bonds. The Bertz CT molecular complexity index is 1190. The summed E-state index contributed by atoms with van der Waals surface area (Å²) in [6, 6.07) is 11.7. The Balaban J connectivity index is 1.75. The van der Waals surface area contributed by atoms with Gasteiger partial charge in [0.25, 0.3) is 11.5 Å². The number of rotatable bonds is 5. The Morgan fingerprint density at radius 2 is 1.83 bits per heavy atom. The van der Waals surface area contributed by atoms with Crippen molar-refractivity contribution >= 4 is 46.5 Å². The minimum atomic E-state index is -0.862. The van der Waals surface area contributed by atoms with Gasteiger partial charge in [-0.3, -0.25) is 14.3 Å². The topological polar surface area (TPSA) is 108 Å². The largest absolute Gasteiger partial charge is 0.452 e. The van der Waals surface area contributed by atoms with Gasteiger partial charge in [0.15, 0.2) is 6.61 Å². The maximum Gasteiger partial charge on any atom is 0.340 e. The number of amides is 1. The lowest BCUT2D eigenvalue weighted by atomic mass is 10.2. The predicted molar refractivity (Wildman–Crippen MR) is 116 cm³/mol. The number of halogens is 2. The van der Waals surface area contributed by atoms with E-state index in [-0.39, 0.29) is 27.0 Å². The second-order valence-corrected chi connectivity index (χ2v) is 7.25. The van der Waals surface area contributed by atoms with E-state index in [1.165, 1.54) is 16.8 Å². The van der Waals surface area contributed by atoms with Crippen molar-refractivity contribution in [1.82, 2.24) is 9.36 Å². The van der Waals surface area contributed by atoms with Crippen LogP contribution in [0.1, 0.15) is 16.1 Å². The van der Waals surface area contributed by atoms with Gasteiger partial charge in [0.1, 0.15) is 5.69 Å². The van der Waals surface area contributed by atoms with E-state index in [0.717, 1.165) is 0 Å². The average Bonchev–Trinajstić information content (AvgIpc) is 2.92. The zero-order chi connectivity index (χ0) is 22.0. The zero-order valence-corrected chi connectivity index (χ0v) is 17.6. The summed E-state index contributed by atoms with van der Waals surface area (Å²) in [7, 11) is 1.70. The summed E-state index contributed by atoms with van der Waals surface area (Å²) in [4.78, 5) is 37.3. The number of aromatic nitrogens is 2. The van der Waals surface area contributed by atoms with Crippen LogP contribution in [0, 0.1) is 6.92 Å². The summed E-state index contributed by atoms with van der Waals surface area (Å²) in [6.45, 7) is 1.07. The highest BCUT2D eigenvalue weighted by Crippen LogP contribution is 2.28. The second kappa shape index (κ2) is 8.64. The number of carbonyl (C=O) groups is 2. The molecule has 3 N–H and O–H groups in total. The molecule has 0 saturated heterocycles. The van der Waals surface area contributed by atoms with Crippen LogP contribution in [0.25, 0.3) is 5.69 Å². The first-order valence-electron chi connectivity index (χ1n) is 8.76. The fourth-order valence-corrected chi connectivity index (χ4v) is 3.34. The van der Waals surface area contributed by atoms with E-state index in [4.69, 9.17) is 33.7 Å². The molecule has 1 aromatic heterocycles. The quantitative estimate of drug-likeness (QED) is 0.460. The number of nitrogens with zero attached hydrogens (tertiary/aromatic N) is 2. The second-order valence-electron chi connectivity index (χ2n) is 6.41. The third-order valence-electron chi connectivity index (χ3n) is 4.47. The molecule has 1 heterocycles. The molecule has 10 heteroatoms. The number of nitrogen functional groups attached to an aromatic ring is 1. The highest BCUT2D eigenvalue weighted by atomic mass is 35.5. The molecule has 3 aromatic rings. The van der Waals surface area contributed by atoms with Gasteiger partial charge in [0, 0.05) is 12.1 Å². The molecule has 156 valence electrons. The van der Waals surface area contributed by atoms with Crippen LogP contribution in [0.2, 0.25) is 10.0 Å². The van der Waals surface area contributed by atoms with Crippen LogP contribution in [-0.4, -0.2) is 27.8 Å². The number of nitrogens with two attached hydrogens (primary N) is 1. The van der Waals surface area contributed by atoms with Crippen LogP contribution in [0.15, 0.2) is 47.3 Å². The van der Waals surface area contributed by atoms with Crippen molar-refractivity contribution in [3.8, 4) is 5.69 Å². The molecule has 2 aromatic carbocycles. The fraction of sp³-hybridized carbons (Fsp3) is 0.150. The number of nitrogens with one attached hydrogen (secondary N) is 1. The molecular formula is C20H18Cl2N4O4. The first-order chi connectivity index (χ1) is 14.2. The van der Waals surface area contributed by atoms with Crippen LogP contribution < -0.4 is 16.6 Å². The summed E-state index contributed by atoms with van der Waals surface area (Å²) in [5.74, 6) is -1.54. The summed E-state index contributed by atoms with van der Waals surface area (Å²) < 4.78 is 8.03. The van der Waals surface area contributed by atoms with Crippen LogP contribution in [0.3, 0.4) is 0 Å². The molecule has 0 aliphatic heterocycles. The number of ether oxygens (including phenoxy) is 1. The molecule has 0 unspecified atom stereocenters. The zero-order valence-electron chi connectivity index (χ0n) is 16.1. The molecule has 0 fully saturated rings. The number of para-hydroxylation sites is 1. The molecule has 0 bridgehead atoms. The van der Waals surface area contributed by atoms with Crippen LogP contribution in [0.5, 0.6) is 0 Å². The van der Waals surface area contributed by atoms with E-state index in [9.17, 15) is 14.4 Å². The highest BCUT2D eigenvalue weighted by molar-refractivity contribution is 6.37. The molecule has 0 radical (unpaired) electrons. The molecule has 0 saturated carbocycles. The number of anilines is 2. The minimum absolute atomic E-state index is 0.00359. The van der Waals surface area contributed by atoms with E-state index in [1.54, 1.807) is 42.9 Å². The van der Waals surface area contributed by atoms with E-state index >= 15 is 0 Å². The van der Waals surface area contributed by atoms with Gasteiger partial charge < -0.3 is 15.8 Å². The maximum absolute atomic E-state index is 12.8. The molecule has 3 rings (SSSR count). The minimum Gasteiger partial charge on any atom is -0.452 e. The Morgan fingerprint density at radius 1 is 1.17 bits per heavy atom. The number of esters is 1. The van der Waals surface area contributed by atoms with Crippen LogP contribution in [0.4, 0.5) is 11.4 Å². The standard InChI is InChI=1S/C20H18Cl2N4O4/c1-11-18(19(28)26(25(11)2)13-6-4-3-5-7-13)24-16(27)10-30-20(29)14-8-12(21)9-15(22)17(14)23/h3-9H,10,23H2,1-2H3,(H,24,27). The fourth-order valence-electron chi connectivity index (χ4n) is 2.85. The lowest BCUT2D eigenvalue weighted by Gasteiger charge is -2.09. The number of hydrogen-bond acceptors (Lipinski definition) is 5. The van der Waals surface area contributed by atoms with Crippen LogP contribution in [-0.2, 0) is 16.6 Å². The van der Waals surface area contributed by atoms with Crippen molar-refractivity contribution in [3.05, 3.63) is 74.1 Å². The van der Waals surface area contributed by atoms with E-state index in [2.05, 4.69) is 5.32 Å². The van der Waals surface area contributed by atoms with E-state index < -0.39 is 24.0 Å². The third-order valence-corrected chi connectivity index (χ3v) is 5.00. The average molecular weight is 449 g/mol. The Kier molecular flexibility index (Phi) is 6.19. The summed E-state index contributed by atoms with van der Waals surface area (Å²) >= 11 is 11.8. The van der Waals surface area contributed by atoms with Gasteiger partial charge in [-0.2, -0.15) is 0 Å². The SMILES string of the molecule is Cc1c(NC(=O)COC(=O)c2cc(Cl)cc(Cl)c2N)c(=O)n(-c2ccccc2)n1C.